The molecule has 0 saturated carbocycles. The van der Waals surface area contributed by atoms with E-state index in [0.29, 0.717) is 12.5 Å². The summed E-state index contributed by atoms with van der Waals surface area (Å²) >= 11 is 0. The summed E-state index contributed by atoms with van der Waals surface area (Å²) in [5, 5.41) is 12.7. The van der Waals surface area contributed by atoms with Crippen LogP contribution in [0.15, 0.2) is 0 Å². The van der Waals surface area contributed by atoms with Crippen LogP contribution in [0.4, 0.5) is 4.79 Å². The Morgan fingerprint density at radius 2 is 1.86 bits per heavy atom. The van der Waals surface area contributed by atoms with E-state index >= 15 is 0 Å². The highest BCUT2D eigenvalue weighted by Gasteiger charge is 2.29. The molecule has 0 spiro atoms. The van der Waals surface area contributed by atoms with Crippen molar-refractivity contribution in [2.24, 2.45) is 11.3 Å². The van der Waals surface area contributed by atoms with Crippen molar-refractivity contribution in [2.45, 2.75) is 79.2 Å². The highest BCUT2D eigenvalue weighted by Crippen LogP contribution is 2.30. The van der Waals surface area contributed by atoms with Gasteiger partial charge in [-0.25, -0.2) is 4.79 Å². The monoisotopic (exact) mass is 301 g/mol. The van der Waals surface area contributed by atoms with Crippen LogP contribution in [0.2, 0.25) is 0 Å². The predicted molar refractivity (Wildman–Crippen MR) is 87.4 cm³/mol. The maximum Gasteiger partial charge on any atom is 0.407 e. The van der Waals surface area contributed by atoms with Crippen LogP contribution in [0.1, 0.15) is 73.6 Å². The zero-order chi connectivity index (χ0) is 16.5. The van der Waals surface area contributed by atoms with Crippen molar-refractivity contribution in [2.75, 3.05) is 13.2 Å². The first-order chi connectivity index (χ1) is 9.64. The lowest BCUT2D eigenvalue weighted by molar-refractivity contribution is 0.0439. The second-order valence-corrected chi connectivity index (χ2v) is 7.55. The summed E-state index contributed by atoms with van der Waals surface area (Å²) in [5.41, 5.74) is -0.713. The van der Waals surface area contributed by atoms with Gasteiger partial charge in [0.15, 0.2) is 0 Å². The zero-order valence-electron chi connectivity index (χ0n) is 14.8. The van der Waals surface area contributed by atoms with Crippen LogP contribution in [-0.2, 0) is 4.74 Å². The van der Waals surface area contributed by atoms with Gasteiger partial charge in [-0.05, 0) is 39.5 Å². The molecule has 126 valence electrons. The highest BCUT2D eigenvalue weighted by molar-refractivity contribution is 5.67. The van der Waals surface area contributed by atoms with Crippen molar-refractivity contribution in [3.8, 4) is 0 Å². The SMILES string of the molecule is CCCC(CO)(CCCC(C)C)CNC(=O)OC(C)(C)C. The summed E-state index contributed by atoms with van der Waals surface area (Å²) in [7, 11) is 0. The molecule has 0 aromatic heterocycles. The maximum absolute atomic E-state index is 11.8. The van der Waals surface area contributed by atoms with Crippen LogP contribution in [0.25, 0.3) is 0 Å². The number of nitrogens with one attached hydrogen (secondary N) is 1. The Labute approximate surface area is 130 Å². The van der Waals surface area contributed by atoms with Gasteiger partial charge in [-0.2, -0.15) is 0 Å². The van der Waals surface area contributed by atoms with Gasteiger partial charge in [0.25, 0.3) is 0 Å². The Bertz CT molecular complexity index is 297. The van der Waals surface area contributed by atoms with Crippen LogP contribution < -0.4 is 5.32 Å². The number of hydrogen-bond donors (Lipinski definition) is 2. The van der Waals surface area contributed by atoms with Crippen molar-refractivity contribution in [3.05, 3.63) is 0 Å². The van der Waals surface area contributed by atoms with Gasteiger partial charge in [-0.15, -0.1) is 0 Å². The molecule has 0 aliphatic rings. The van der Waals surface area contributed by atoms with Crippen LogP contribution in [0.5, 0.6) is 0 Å². The number of ether oxygens (including phenoxy) is 1. The molecule has 1 unspecified atom stereocenters. The summed E-state index contributed by atoms with van der Waals surface area (Å²) < 4.78 is 5.27. The Kier molecular flexibility index (Phi) is 8.95. The maximum atomic E-state index is 11.8. The smallest absolute Gasteiger partial charge is 0.407 e. The third-order valence-corrected chi connectivity index (χ3v) is 3.61. The van der Waals surface area contributed by atoms with E-state index in [1.807, 2.05) is 20.8 Å². The topological polar surface area (TPSA) is 58.6 Å². The van der Waals surface area contributed by atoms with Crippen molar-refractivity contribution in [3.63, 3.8) is 0 Å². The van der Waals surface area contributed by atoms with Gasteiger partial charge in [0.2, 0.25) is 0 Å². The molecule has 1 atom stereocenters. The van der Waals surface area contributed by atoms with Gasteiger partial charge in [0.05, 0.1) is 6.61 Å². The van der Waals surface area contributed by atoms with Gasteiger partial charge in [0.1, 0.15) is 5.60 Å². The van der Waals surface area contributed by atoms with Gasteiger partial charge >= 0.3 is 6.09 Å². The largest absolute Gasteiger partial charge is 0.444 e. The third-order valence-electron chi connectivity index (χ3n) is 3.61. The van der Waals surface area contributed by atoms with E-state index in [-0.39, 0.29) is 12.0 Å². The number of rotatable bonds is 9. The van der Waals surface area contributed by atoms with Gasteiger partial charge in [-0.3, -0.25) is 0 Å². The van der Waals surface area contributed by atoms with E-state index in [4.69, 9.17) is 4.74 Å². The molecule has 0 fully saturated rings. The molecule has 0 aliphatic heterocycles. The Balaban J connectivity index is 4.49. The van der Waals surface area contributed by atoms with E-state index in [0.717, 1.165) is 32.1 Å². The van der Waals surface area contributed by atoms with E-state index in [1.165, 1.54) is 0 Å². The highest BCUT2D eigenvalue weighted by atomic mass is 16.6. The van der Waals surface area contributed by atoms with Crippen molar-refractivity contribution in [1.29, 1.82) is 0 Å². The molecular weight excluding hydrogens is 266 g/mol. The molecule has 0 heterocycles. The lowest BCUT2D eigenvalue weighted by Gasteiger charge is -2.32. The number of alkyl carbamates (subject to hydrolysis) is 1. The Hall–Kier alpha value is -0.770. The molecule has 0 aliphatic carbocycles. The lowest BCUT2D eigenvalue weighted by Crippen LogP contribution is -2.42. The molecule has 1 amide bonds. The minimum absolute atomic E-state index is 0.106. The second-order valence-electron chi connectivity index (χ2n) is 7.55. The number of carbonyl (C=O) groups excluding carboxylic acids is 1. The molecule has 4 nitrogen and oxygen atoms in total. The fourth-order valence-corrected chi connectivity index (χ4v) is 2.51. The first-order valence-corrected chi connectivity index (χ1v) is 8.22. The van der Waals surface area contributed by atoms with E-state index in [1.54, 1.807) is 0 Å². The third kappa shape index (κ3) is 9.72. The van der Waals surface area contributed by atoms with Gasteiger partial charge in [0, 0.05) is 12.0 Å². The first-order valence-electron chi connectivity index (χ1n) is 8.22. The molecular formula is C17H35NO3. The lowest BCUT2D eigenvalue weighted by atomic mass is 9.79. The predicted octanol–water partition coefficient (Wildman–Crippen LogP) is 4.12. The van der Waals surface area contributed by atoms with Crippen LogP contribution >= 0.6 is 0 Å². The molecule has 0 bridgehead atoms. The number of aliphatic hydroxyl groups excluding tert-OH is 1. The van der Waals surface area contributed by atoms with Crippen molar-refractivity contribution >= 4 is 6.09 Å². The van der Waals surface area contributed by atoms with E-state index in [9.17, 15) is 9.90 Å². The van der Waals surface area contributed by atoms with Crippen LogP contribution in [0, 0.1) is 11.3 Å². The molecule has 4 heteroatoms. The molecule has 0 radical (unpaired) electrons. The number of hydrogen-bond acceptors (Lipinski definition) is 3. The summed E-state index contributed by atoms with van der Waals surface area (Å²) in [5.74, 6) is 0.668. The summed E-state index contributed by atoms with van der Waals surface area (Å²) in [4.78, 5) is 11.8. The fraction of sp³-hybridized carbons (Fsp3) is 0.941. The summed E-state index contributed by atoms with van der Waals surface area (Å²) in [6.45, 7) is 12.7. The molecule has 0 aromatic carbocycles. The molecule has 2 N–H and O–H groups in total. The summed E-state index contributed by atoms with van der Waals surface area (Å²) in [6.07, 6.45) is 4.67. The molecule has 0 saturated heterocycles. The normalized spacial score (nSPS) is 14.9. The summed E-state index contributed by atoms with van der Waals surface area (Å²) in [6, 6.07) is 0. The number of aliphatic hydroxyl groups is 1. The minimum atomic E-state index is -0.492. The van der Waals surface area contributed by atoms with Crippen molar-refractivity contribution < 1.29 is 14.6 Å². The van der Waals surface area contributed by atoms with Crippen LogP contribution in [-0.4, -0.2) is 30.0 Å². The fourth-order valence-electron chi connectivity index (χ4n) is 2.51. The zero-order valence-corrected chi connectivity index (χ0v) is 14.8. The standard InChI is InChI=1S/C17H35NO3/c1-7-10-17(13-19,11-8-9-14(2)3)12-18-15(20)21-16(4,5)6/h14,19H,7-13H2,1-6H3,(H,18,20). The Morgan fingerprint density at radius 1 is 1.24 bits per heavy atom. The Morgan fingerprint density at radius 3 is 2.29 bits per heavy atom. The van der Waals surface area contributed by atoms with Gasteiger partial charge in [-0.1, -0.05) is 40.0 Å². The molecule has 21 heavy (non-hydrogen) atoms. The van der Waals surface area contributed by atoms with Crippen LogP contribution in [0.3, 0.4) is 0 Å². The average molecular weight is 301 g/mol. The van der Waals surface area contributed by atoms with E-state index < -0.39 is 11.7 Å². The second kappa shape index (κ2) is 9.29. The quantitative estimate of drug-likeness (QED) is 0.673. The van der Waals surface area contributed by atoms with Gasteiger partial charge < -0.3 is 15.2 Å². The van der Waals surface area contributed by atoms with Crippen molar-refractivity contribution in [1.82, 2.24) is 5.32 Å². The minimum Gasteiger partial charge on any atom is -0.444 e. The molecule has 0 rings (SSSR count). The van der Waals surface area contributed by atoms with E-state index in [2.05, 4.69) is 26.1 Å². The number of carbonyl (C=O) groups is 1. The first kappa shape index (κ1) is 20.2. The number of amides is 1. The average Bonchev–Trinajstić information content (AvgIpc) is 2.33. The molecule has 0 aromatic rings.